The van der Waals surface area contributed by atoms with E-state index in [0.717, 1.165) is 30.6 Å². The average molecular weight is 358 g/mol. The highest BCUT2D eigenvalue weighted by molar-refractivity contribution is 6.11. The molecule has 26 heavy (non-hydrogen) atoms. The summed E-state index contributed by atoms with van der Waals surface area (Å²) < 4.78 is 4.94. The topological polar surface area (TPSA) is 92.8 Å². The molecule has 3 amide bonds. The van der Waals surface area contributed by atoms with Gasteiger partial charge in [-0.15, -0.1) is 0 Å². The highest BCUT2D eigenvalue weighted by Crippen LogP contribution is 2.19. The third-order valence-corrected chi connectivity index (χ3v) is 4.76. The van der Waals surface area contributed by atoms with E-state index in [0.29, 0.717) is 11.1 Å². The van der Waals surface area contributed by atoms with E-state index < -0.39 is 30.9 Å². The van der Waals surface area contributed by atoms with E-state index in [1.807, 2.05) is 0 Å². The van der Waals surface area contributed by atoms with Crippen LogP contribution in [0, 0.1) is 0 Å². The molecular weight excluding hydrogens is 336 g/mol. The molecule has 1 N–H and O–H groups in total. The Morgan fingerprint density at radius 3 is 2.62 bits per heavy atom. The zero-order valence-corrected chi connectivity index (χ0v) is 14.5. The van der Waals surface area contributed by atoms with Crippen molar-refractivity contribution < 1.29 is 23.9 Å². The molecule has 1 fully saturated rings. The fourth-order valence-corrected chi connectivity index (χ4v) is 3.40. The molecule has 1 aromatic rings. The van der Waals surface area contributed by atoms with Crippen molar-refractivity contribution in [2.24, 2.45) is 0 Å². The van der Waals surface area contributed by atoms with E-state index in [-0.39, 0.29) is 18.4 Å². The summed E-state index contributed by atoms with van der Waals surface area (Å²) in [6.07, 6.45) is 5.31. The maximum atomic E-state index is 12.4. The third-order valence-electron chi connectivity index (χ3n) is 4.76. The molecule has 138 valence electrons. The number of benzene rings is 1. The zero-order chi connectivity index (χ0) is 18.5. The number of carbonyl (C=O) groups is 4. The number of fused-ring (bicyclic) bond motifs is 1. The van der Waals surface area contributed by atoms with Crippen LogP contribution in [0.5, 0.6) is 0 Å². The summed E-state index contributed by atoms with van der Waals surface area (Å²) in [6.45, 7) is -0.884. The van der Waals surface area contributed by atoms with E-state index >= 15 is 0 Å². The fourth-order valence-electron chi connectivity index (χ4n) is 3.40. The van der Waals surface area contributed by atoms with E-state index in [9.17, 15) is 19.2 Å². The van der Waals surface area contributed by atoms with E-state index in [1.54, 1.807) is 24.3 Å². The van der Waals surface area contributed by atoms with Crippen LogP contribution in [0.4, 0.5) is 0 Å². The lowest BCUT2D eigenvalue weighted by Crippen LogP contribution is -2.46. The van der Waals surface area contributed by atoms with Crippen molar-refractivity contribution >= 4 is 23.7 Å². The van der Waals surface area contributed by atoms with Gasteiger partial charge in [-0.2, -0.15) is 0 Å². The number of nitrogens with zero attached hydrogens (tertiary/aromatic N) is 1. The first-order valence-corrected chi connectivity index (χ1v) is 8.92. The predicted octanol–water partition coefficient (Wildman–Crippen LogP) is 1.20. The highest BCUT2D eigenvalue weighted by atomic mass is 16.5. The normalized spacial score (nSPS) is 17.6. The minimum Gasteiger partial charge on any atom is -0.454 e. The Kier molecular flexibility index (Phi) is 5.65. The number of hydrogen-bond acceptors (Lipinski definition) is 5. The van der Waals surface area contributed by atoms with Crippen LogP contribution in [0.25, 0.3) is 0 Å². The average Bonchev–Trinajstić information content (AvgIpc) is 2.64. The van der Waals surface area contributed by atoms with Gasteiger partial charge in [-0.1, -0.05) is 37.5 Å². The van der Waals surface area contributed by atoms with Gasteiger partial charge in [-0.3, -0.25) is 24.1 Å². The molecule has 0 aromatic heterocycles. The lowest BCUT2D eigenvalue weighted by Gasteiger charge is -2.26. The molecule has 3 rings (SSSR count). The van der Waals surface area contributed by atoms with Crippen LogP contribution in [0.2, 0.25) is 0 Å². The second-order valence-corrected chi connectivity index (χ2v) is 6.68. The molecule has 1 saturated carbocycles. The Labute approximate surface area is 151 Å². The molecule has 0 spiro atoms. The maximum absolute atomic E-state index is 12.4. The summed E-state index contributed by atoms with van der Waals surface area (Å²) in [5, 5.41) is 2.84. The number of ether oxygens (including phenoxy) is 1. The van der Waals surface area contributed by atoms with Gasteiger partial charge in [-0.25, -0.2) is 0 Å². The van der Waals surface area contributed by atoms with E-state index in [2.05, 4.69) is 5.32 Å². The zero-order valence-electron chi connectivity index (χ0n) is 14.5. The predicted molar refractivity (Wildman–Crippen MR) is 92.2 cm³/mol. The summed E-state index contributed by atoms with van der Waals surface area (Å²) in [7, 11) is 0. The van der Waals surface area contributed by atoms with Gasteiger partial charge >= 0.3 is 5.97 Å². The first kappa shape index (κ1) is 18.1. The Balaban J connectivity index is 1.49. The maximum Gasteiger partial charge on any atom is 0.326 e. The Hall–Kier alpha value is -2.70. The van der Waals surface area contributed by atoms with Gasteiger partial charge in [0.25, 0.3) is 11.8 Å². The molecule has 0 radical (unpaired) electrons. The molecule has 0 atom stereocenters. The molecule has 2 aliphatic rings. The minimum absolute atomic E-state index is 0.0668. The highest BCUT2D eigenvalue weighted by Gasteiger charge is 2.32. The molecule has 1 aliphatic carbocycles. The first-order valence-electron chi connectivity index (χ1n) is 8.92. The molecule has 7 heteroatoms. The number of carbonyl (C=O) groups excluding carboxylic acids is 4. The van der Waals surface area contributed by atoms with Gasteiger partial charge < -0.3 is 10.1 Å². The van der Waals surface area contributed by atoms with Crippen LogP contribution in [0.1, 0.15) is 48.0 Å². The van der Waals surface area contributed by atoms with Gasteiger partial charge in [0.1, 0.15) is 6.54 Å². The number of imide groups is 1. The number of esters is 1. The number of hydrogen-bond donors (Lipinski definition) is 1. The standard InChI is InChI=1S/C19H22N2O5/c22-16(20-14-7-2-1-3-8-14)12-26-18(24)11-21-17(23)10-13-6-4-5-9-15(13)19(21)25/h4-6,9,14H,1-3,7-8,10-12H2,(H,20,22). The van der Waals surface area contributed by atoms with Crippen LogP contribution < -0.4 is 5.32 Å². The molecular formula is C19H22N2O5. The number of amides is 3. The number of rotatable bonds is 5. The van der Waals surface area contributed by atoms with Crippen molar-refractivity contribution in [2.75, 3.05) is 13.2 Å². The van der Waals surface area contributed by atoms with Crippen molar-refractivity contribution in [3.63, 3.8) is 0 Å². The lowest BCUT2D eigenvalue weighted by atomic mass is 9.95. The van der Waals surface area contributed by atoms with Crippen molar-refractivity contribution in [3.05, 3.63) is 35.4 Å². The quantitative estimate of drug-likeness (QED) is 0.631. The second kappa shape index (κ2) is 8.12. The van der Waals surface area contributed by atoms with Crippen molar-refractivity contribution in [1.82, 2.24) is 10.2 Å². The summed E-state index contributed by atoms with van der Waals surface area (Å²) in [5.41, 5.74) is 1.06. The van der Waals surface area contributed by atoms with Gasteiger partial charge in [0, 0.05) is 11.6 Å². The van der Waals surface area contributed by atoms with Gasteiger partial charge in [0.2, 0.25) is 5.91 Å². The molecule has 1 aromatic carbocycles. The summed E-state index contributed by atoms with van der Waals surface area (Å²) in [6, 6.07) is 6.94. The van der Waals surface area contributed by atoms with Gasteiger partial charge in [-0.05, 0) is 24.5 Å². The summed E-state index contributed by atoms with van der Waals surface area (Å²) >= 11 is 0. The Morgan fingerprint density at radius 1 is 1.12 bits per heavy atom. The van der Waals surface area contributed by atoms with E-state index in [4.69, 9.17) is 4.74 Å². The van der Waals surface area contributed by atoms with Crippen LogP contribution in [0.3, 0.4) is 0 Å². The second-order valence-electron chi connectivity index (χ2n) is 6.68. The van der Waals surface area contributed by atoms with Crippen LogP contribution >= 0.6 is 0 Å². The van der Waals surface area contributed by atoms with Crippen LogP contribution in [-0.2, 0) is 25.5 Å². The largest absolute Gasteiger partial charge is 0.454 e. The molecule has 0 saturated heterocycles. The first-order chi connectivity index (χ1) is 12.5. The fraction of sp³-hybridized carbons (Fsp3) is 0.474. The van der Waals surface area contributed by atoms with Crippen molar-refractivity contribution in [2.45, 2.75) is 44.6 Å². The smallest absolute Gasteiger partial charge is 0.326 e. The van der Waals surface area contributed by atoms with Gasteiger partial charge in [0.15, 0.2) is 6.61 Å². The molecule has 1 aliphatic heterocycles. The minimum atomic E-state index is -0.773. The van der Waals surface area contributed by atoms with Crippen molar-refractivity contribution in [1.29, 1.82) is 0 Å². The number of nitrogens with one attached hydrogen (secondary N) is 1. The van der Waals surface area contributed by atoms with Crippen LogP contribution in [0.15, 0.2) is 24.3 Å². The van der Waals surface area contributed by atoms with Crippen LogP contribution in [-0.4, -0.2) is 47.8 Å². The lowest BCUT2D eigenvalue weighted by molar-refractivity contribution is -0.151. The SMILES string of the molecule is O=C(COC(=O)CN1C(=O)Cc2ccccc2C1=O)NC1CCCCC1. The van der Waals surface area contributed by atoms with Gasteiger partial charge in [0.05, 0.1) is 6.42 Å². The molecule has 0 bridgehead atoms. The Bertz CT molecular complexity index is 724. The summed E-state index contributed by atoms with van der Waals surface area (Å²) in [4.78, 5) is 49.2. The van der Waals surface area contributed by atoms with E-state index in [1.165, 1.54) is 6.42 Å². The molecule has 7 nitrogen and oxygen atoms in total. The third kappa shape index (κ3) is 4.28. The van der Waals surface area contributed by atoms with Crippen molar-refractivity contribution in [3.8, 4) is 0 Å². The molecule has 1 heterocycles. The monoisotopic (exact) mass is 358 g/mol. The Morgan fingerprint density at radius 2 is 1.85 bits per heavy atom. The molecule has 0 unspecified atom stereocenters. The summed E-state index contributed by atoms with van der Waals surface area (Å²) in [5.74, 6) is -2.09.